The van der Waals surface area contributed by atoms with Crippen LogP contribution in [0.25, 0.3) is 0 Å². The molecule has 1 aromatic carbocycles. The summed E-state index contributed by atoms with van der Waals surface area (Å²) in [6, 6.07) is 3.65. The third-order valence-electron chi connectivity index (χ3n) is 3.46. The maximum atomic E-state index is 13.1. The molecule has 4 nitrogen and oxygen atoms in total. The SMILES string of the molecule is Cc1cc(F)ccc1S(=O)(=O)N(C)CCC(N)C(C)C.Cl. The molecule has 0 spiro atoms. The molecule has 122 valence electrons. The van der Waals surface area contributed by atoms with Crippen LogP contribution in [0.3, 0.4) is 0 Å². The van der Waals surface area contributed by atoms with Gasteiger partial charge in [-0.3, -0.25) is 0 Å². The van der Waals surface area contributed by atoms with Crippen molar-refractivity contribution in [2.24, 2.45) is 11.7 Å². The predicted molar refractivity (Wildman–Crippen MR) is 85.6 cm³/mol. The molecule has 2 N–H and O–H groups in total. The molecule has 0 saturated heterocycles. The van der Waals surface area contributed by atoms with Crippen LogP contribution >= 0.6 is 12.4 Å². The summed E-state index contributed by atoms with van der Waals surface area (Å²) >= 11 is 0. The van der Waals surface area contributed by atoms with Crippen LogP contribution in [0.2, 0.25) is 0 Å². The zero-order chi connectivity index (χ0) is 15.5. The van der Waals surface area contributed by atoms with Gasteiger partial charge in [0.2, 0.25) is 10.0 Å². The lowest BCUT2D eigenvalue weighted by atomic mass is 10.0. The Labute approximate surface area is 133 Å². The van der Waals surface area contributed by atoms with E-state index in [-0.39, 0.29) is 23.3 Å². The highest BCUT2D eigenvalue weighted by Crippen LogP contribution is 2.20. The minimum Gasteiger partial charge on any atom is -0.327 e. The minimum absolute atomic E-state index is 0. The molecular formula is C14H24ClFN2O2S. The highest BCUT2D eigenvalue weighted by molar-refractivity contribution is 7.89. The van der Waals surface area contributed by atoms with Crippen LogP contribution in [0.4, 0.5) is 4.39 Å². The second-order valence-corrected chi connectivity index (χ2v) is 7.45. The number of sulfonamides is 1. The van der Waals surface area contributed by atoms with Crippen molar-refractivity contribution in [1.29, 1.82) is 0 Å². The first-order chi connectivity index (χ1) is 9.16. The molecule has 1 unspecified atom stereocenters. The molecule has 0 heterocycles. The number of hydrogen-bond donors (Lipinski definition) is 1. The second kappa shape index (κ2) is 8.08. The molecule has 0 fully saturated rings. The van der Waals surface area contributed by atoms with Gasteiger partial charge in [-0.05, 0) is 43.0 Å². The normalized spacial score (nSPS) is 13.3. The quantitative estimate of drug-likeness (QED) is 0.867. The lowest BCUT2D eigenvalue weighted by molar-refractivity contribution is 0.397. The van der Waals surface area contributed by atoms with Gasteiger partial charge in [0.15, 0.2) is 0 Å². The Morgan fingerprint density at radius 3 is 2.38 bits per heavy atom. The van der Waals surface area contributed by atoms with Gasteiger partial charge in [-0.1, -0.05) is 13.8 Å². The van der Waals surface area contributed by atoms with E-state index >= 15 is 0 Å². The molecule has 0 bridgehead atoms. The van der Waals surface area contributed by atoms with Crippen molar-refractivity contribution in [2.45, 2.75) is 38.1 Å². The zero-order valence-electron chi connectivity index (χ0n) is 12.8. The van der Waals surface area contributed by atoms with Crippen molar-refractivity contribution in [1.82, 2.24) is 4.31 Å². The molecule has 21 heavy (non-hydrogen) atoms. The maximum Gasteiger partial charge on any atom is 0.243 e. The third-order valence-corrected chi connectivity index (χ3v) is 5.48. The van der Waals surface area contributed by atoms with Crippen LogP contribution in [-0.4, -0.2) is 32.4 Å². The molecule has 0 aromatic heterocycles. The lowest BCUT2D eigenvalue weighted by Gasteiger charge is -2.22. The highest BCUT2D eigenvalue weighted by Gasteiger charge is 2.23. The van der Waals surface area contributed by atoms with E-state index < -0.39 is 15.8 Å². The number of rotatable bonds is 6. The summed E-state index contributed by atoms with van der Waals surface area (Å²) in [5, 5.41) is 0. The number of aryl methyl sites for hydroxylation is 1. The lowest BCUT2D eigenvalue weighted by Crippen LogP contribution is -2.34. The van der Waals surface area contributed by atoms with E-state index in [0.29, 0.717) is 24.4 Å². The van der Waals surface area contributed by atoms with Crippen LogP contribution in [0, 0.1) is 18.7 Å². The Kier molecular flexibility index (Phi) is 7.81. The molecule has 1 rings (SSSR count). The van der Waals surface area contributed by atoms with Gasteiger partial charge in [-0.15, -0.1) is 12.4 Å². The smallest absolute Gasteiger partial charge is 0.243 e. The van der Waals surface area contributed by atoms with Crippen LogP contribution in [0.5, 0.6) is 0 Å². The Morgan fingerprint density at radius 2 is 1.90 bits per heavy atom. The van der Waals surface area contributed by atoms with Crippen LogP contribution in [-0.2, 0) is 10.0 Å². The van der Waals surface area contributed by atoms with E-state index in [4.69, 9.17) is 5.73 Å². The Hall–Kier alpha value is -0.690. The van der Waals surface area contributed by atoms with E-state index in [9.17, 15) is 12.8 Å². The van der Waals surface area contributed by atoms with Gasteiger partial charge in [0, 0.05) is 19.6 Å². The van der Waals surface area contributed by atoms with Crippen molar-refractivity contribution >= 4 is 22.4 Å². The number of nitrogens with zero attached hydrogens (tertiary/aromatic N) is 1. The largest absolute Gasteiger partial charge is 0.327 e. The van der Waals surface area contributed by atoms with Crippen molar-refractivity contribution in [2.75, 3.05) is 13.6 Å². The molecule has 7 heteroatoms. The number of halogens is 2. The Morgan fingerprint density at radius 1 is 1.33 bits per heavy atom. The van der Waals surface area contributed by atoms with E-state index in [1.54, 1.807) is 6.92 Å². The monoisotopic (exact) mass is 338 g/mol. The van der Waals surface area contributed by atoms with Crippen molar-refractivity contribution in [3.8, 4) is 0 Å². The van der Waals surface area contributed by atoms with Crippen LogP contribution in [0.1, 0.15) is 25.8 Å². The van der Waals surface area contributed by atoms with Crippen molar-refractivity contribution in [3.05, 3.63) is 29.6 Å². The van der Waals surface area contributed by atoms with Gasteiger partial charge >= 0.3 is 0 Å². The molecule has 0 aliphatic heterocycles. The topological polar surface area (TPSA) is 63.4 Å². The summed E-state index contributed by atoms with van der Waals surface area (Å²) in [5.41, 5.74) is 6.33. The minimum atomic E-state index is -3.60. The fourth-order valence-electron chi connectivity index (χ4n) is 1.85. The van der Waals surface area contributed by atoms with Crippen LogP contribution in [0.15, 0.2) is 23.1 Å². The van der Waals surface area contributed by atoms with Crippen LogP contribution < -0.4 is 5.73 Å². The van der Waals surface area contributed by atoms with Gasteiger partial charge in [-0.2, -0.15) is 0 Å². The van der Waals surface area contributed by atoms with E-state index in [1.807, 2.05) is 13.8 Å². The molecule has 1 atom stereocenters. The summed E-state index contributed by atoms with van der Waals surface area (Å²) < 4.78 is 39.1. The second-order valence-electron chi connectivity index (χ2n) is 5.43. The maximum absolute atomic E-state index is 13.1. The van der Waals surface area contributed by atoms with E-state index in [0.717, 1.165) is 6.07 Å². The van der Waals surface area contributed by atoms with Gasteiger partial charge in [0.05, 0.1) is 4.90 Å². The molecule has 0 radical (unpaired) electrons. The van der Waals surface area contributed by atoms with Crippen molar-refractivity contribution < 1.29 is 12.8 Å². The summed E-state index contributed by atoms with van der Waals surface area (Å²) in [4.78, 5) is 0.138. The first kappa shape index (κ1) is 20.3. The van der Waals surface area contributed by atoms with Crippen molar-refractivity contribution in [3.63, 3.8) is 0 Å². The van der Waals surface area contributed by atoms with Gasteiger partial charge in [0.1, 0.15) is 5.82 Å². The molecule has 0 aliphatic rings. The molecule has 1 aromatic rings. The van der Waals surface area contributed by atoms with Gasteiger partial charge in [0.25, 0.3) is 0 Å². The summed E-state index contributed by atoms with van der Waals surface area (Å²) in [5.74, 6) is -0.135. The average Bonchev–Trinajstić information content (AvgIpc) is 2.34. The standard InChI is InChI=1S/C14H23FN2O2S.ClH/c1-10(2)13(16)7-8-17(4)20(18,19)14-6-5-12(15)9-11(14)3;/h5-6,9-10,13H,7-8,16H2,1-4H3;1H. The zero-order valence-corrected chi connectivity index (χ0v) is 14.5. The predicted octanol–water partition coefficient (Wildman–Crippen LogP) is 2.55. The first-order valence-electron chi connectivity index (χ1n) is 6.64. The average molecular weight is 339 g/mol. The highest BCUT2D eigenvalue weighted by atomic mass is 35.5. The van der Waals surface area contributed by atoms with Gasteiger partial charge in [-0.25, -0.2) is 17.1 Å². The number of nitrogens with two attached hydrogens (primary N) is 1. The third kappa shape index (κ3) is 5.21. The summed E-state index contributed by atoms with van der Waals surface area (Å²) in [6.45, 7) is 5.94. The Bertz CT molecular complexity index is 564. The summed E-state index contributed by atoms with van der Waals surface area (Å²) in [7, 11) is -2.08. The Balaban J connectivity index is 0.00000400. The number of benzene rings is 1. The summed E-state index contributed by atoms with van der Waals surface area (Å²) in [6.07, 6.45) is 0.591. The van der Waals surface area contributed by atoms with E-state index in [1.165, 1.54) is 23.5 Å². The molecular weight excluding hydrogens is 315 g/mol. The fraction of sp³-hybridized carbons (Fsp3) is 0.571. The fourth-order valence-corrected chi connectivity index (χ4v) is 3.24. The molecule has 0 aliphatic carbocycles. The molecule has 0 amide bonds. The number of hydrogen-bond acceptors (Lipinski definition) is 3. The first-order valence-corrected chi connectivity index (χ1v) is 8.08. The van der Waals surface area contributed by atoms with E-state index in [2.05, 4.69) is 0 Å². The molecule has 0 saturated carbocycles. The van der Waals surface area contributed by atoms with Gasteiger partial charge < -0.3 is 5.73 Å².